The fourth-order valence-corrected chi connectivity index (χ4v) is 8.56. The lowest BCUT2D eigenvalue weighted by Gasteiger charge is -2.46. The molecule has 0 aromatic rings. The third-order valence-electron chi connectivity index (χ3n) is 4.77. The van der Waals surface area contributed by atoms with E-state index in [4.69, 9.17) is 4.74 Å². The van der Waals surface area contributed by atoms with Crippen molar-refractivity contribution >= 4 is 7.51 Å². The largest absolute Gasteiger partial charge is 0.258 e. The van der Waals surface area contributed by atoms with Crippen LogP contribution in [-0.4, -0.2) is 59.3 Å². The highest BCUT2D eigenvalue weighted by Crippen LogP contribution is 2.63. The van der Waals surface area contributed by atoms with Crippen molar-refractivity contribution in [3.8, 4) is 0 Å². The zero-order valence-electron chi connectivity index (χ0n) is 13.3. The van der Waals surface area contributed by atoms with Gasteiger partial charge >= 0.3 is 0 Å². The van der Waals surface area contributed by atoms with Crippen molar-refractivity contribution < 1.29 is 0 Å². The summed E-state index contributed by atoms with van der Waals surface area (Å²) in [6, 6.07) is 0.449. The monoisotopic (exact) mass is 298 g/mol. The molecule has 0 bridgehead atoms. The van der Waals surface area contributed by atoms with Gasteiger partial charge in [0.2, 0.25) is 0 Å². The second kappa shape index (κ2) is 6.48. The molecule has 0 radical (unpaired) electrons. The van der Waals surface area contributed by atoms with Crippen LogP contribution in [0.4, 0.5) is 0 Å². The Morgan fingerprint density at radius 3 is 1.20 bits per heavy atom. The van der Waals surface area contributed by atoms with E-state index < -0.39 is 7.51 Å². The summed E-state index contributed by atoms with van der Waals surface area (Å²) >= 11 is 0. The van der Waals surface area contributed by atoms with Gasteiger partial charge in [0.15, 0.2) is 7.51 Å². The highest BCUT2D eigenvalue weighted by atomic mass is 31.2. The highest BCUT2D eigenvalue weighted by Gasteiger charge is 2.43. The molecule has 3 fully saturated rings. The van der Waals surface area contributed by atoms with Crippen molar-refractivity contribution in [1.82, 2.24) is 14.0 Å². The molecule has 0 aromatic heterocycles. The maximum absolute atomic E-state index is 5.44. The summed E-state index contributed by atoms with van der Waals surface area (Å²) in [5, 5.41) is 0. The molecular formula is C15H31N4P. The number of hydrogen-bond acceptors (Lipinski definition) is 1. The molecule has 0 amide bonds. The van der Waals surface area contributed by atoms with Gasteiger partial charge in [-0.2, -0.15) is 0 Å². The summed E-state index contributed by atoms with van der Waals surface area (Å²) in [6.07, 6.45) is 8.23. The van der Waals surface area contributed by atoms with E-state index in [1.54, 1.807) is 0 Å². The van der Waals surface area contributed by atoms with Crippen molar-refractivity contribution in [3.63, 3.8) is 0 Å². The van der Waals surface area contributed by atoms with Crippen LogP contribution in [0.3, 0.4) is 0 Å². The predicted octanol–water partition coefficient (Wildman–Crippen LogP) is 3.63. The van der Waals surface area contributed by atoms with Gasteiger partial charge < -0.3 is 0 Å². The maximum Gasteiger partial charge on any atom is 0.168 e. The van der Waals surface area contributed by atoms with Gasteiger partial charge in [0.25, 0.3) is 0 Å². The summed E-state index contributed by atoms with van der Waals surface area (Å²) in [5.74, 6) is 0. The molecule has 0 saturated carbocycles. The van der Waals surface area contributed by atoms with Crippen LogP contribution in [0, 0.1) is 0 Å². The molecule has 116 valence electrons. The van der Waals surface area contributed by atoms with Crippen LogP contribution in [0.5, 0.6) is 0 Å². The summed E-state index contributed by atoms with van der Waals surface area (Å²) < 4.78 is 13.8. The van der Waals surface area contributed by atoms with Gasteiger partial charge in [0, 0.05) is 45.3 Å². The Labute approximate surface area is 124 Å². The quantitative estimate of drug-likeness (QED) is 0.740. The standard InChI is InChI=1S/C15H31N4P/c1-15(2)16-20(17-9-3-4-10-17,18-11-5-6-12-18)19-13-7-8-14-19/h15H,3-14H2,1-2H3. The lowest BCUT2D eigenvalue weighted by molar-refractivity contribution is 0.380. The summed E-state index contributed by atoms with van der Waals surface area (Å²) in [6.45, 7) is 12.2. The Bertz CT molecular complexity index is 317. The van der Waals surface area contributed by atoms with Gasteiger partial charge in [-0.3, -0.25) is 4.74 Å². The van der Waals surface area contributed by atoms with E-state index in [-0.39, 0.29) is 0 Å². The molecule has 0 unspecified atom stereocenters. The molecule has 0 spiro atoms. The first-order chi connectivity index (χ1) is 9.73. The van der Waals surface area contributed by atoms with Crippen molar-refractivity contribution in [2.24, 2.45) is 4.74 Å². The van der Waals surface area contributed by atoms with E-state index in [1.807, 2.05) is 0 Å². The molecule has 3 heterocycles. The molecule has 0 N–H and O–H groups in total. The molecular weight excluding hydrogens is 267 g/mol. The van der Waals surface area contributed by atoms with Crippen molar-refractivity contribution in [3.05, 3.63) is 0 Å². The third kappa shape index (κ3) is 2.72. The number of nitrogens with zero attached hydrogens (tertiary/aromatic N) is 4. The Morgan fingerprint density at radius 1 is 0.650 bits per heavy atom. The van der Waals surface area contributed by atoms with E-state index in [0.717, 1.165) is 0 Å². The zero-order valence-corrected chi connectivity index (χ0v) is 14.2. The Kier molecular flexibility index (Phi) is 4.86. The fraction of sp³-hybridized carbons (Fsp3) is 1.00. The average Bonchev–Trinajstić information content (AvgIpc) is 3.15. The molecule has 3 saturated heterocycles. The van der Waals surface area contributed by atoms with Crippen molar-refractivity contribution in [2.75, 3.05) is 39.3 Å². The Balaban J connectivity index is 2.01. The maximum atomic E-state index is 5.44. The summed E-state index contributed by atoms with van der Waals surface area (Å²) in [7, 11) is -1.57. The van der Waals surface area contributed by atoms with Crippen LogP contribution in [0.25, 0.3) is 0 Å². The molecule has 0 atom stereocenters. The molecule has 3 aliphatic heterocycles. The Morgan fingerprint density at radius 2 is 0.950 bits per heavy atom. The summed E-state index contributed by atoms with van der Waals surface area (Å²) in [5.41, 5.74) is 0. The van der Waals surface area contributed by atoms with E-state index in [2.05, 4.69) is 27.9 Å². The molecule has 0 aliphatic carbocycles. The first-order valence-electron chi connectivity index (χ1n) is 8.61. The highest BCUT2D eigenvalue weighted by molar-refractivity contribution is 7.59. The van der Waals surface area contributed by atoms with Gasteiger partial charge in [0.05, 0.1) is 0 Å². The second-order valence-corrected chi connectivity index (χ2v) is 9.73. The van der Waals surface area contributed by atoms with Crippen molar-refractivity contribution in [2.45, 2.75) is 58.4 Å². The first kappa shape index (κ1) is 15.0. The average molecular weight is 298 g/mol. The van der Waals surface area contributed by atoms with Gasteiger partial charge in [-0.15, -0.1) is 0 Å². The predicted molar refractivity (Wildman–Crippen MR) is 86.9 cm³/mol. The Hall–Kier alpha value is 0.110. The molecule has 0 aromatic carbocycles. The number of hydrogen-bond donors (Lipinski definition) is 0. The van der Waals surface area contributed by atoms with Crippen LogP contribution >= 0.6 is 7.51 Å². The molecule has 20 heavy (non-hydrogen) atoms. The van der Waals surface area contributed by atoms with Crippen LogP contribution in [-0.2, 0) is 0 Å². The topological polar surface area (TPSA) is 22.1 Å². The van der Waals surface area contributed by atoms with Crippen LogP contribution in [0.2, 0.25) is 0 Å². The van der Waals surface area contributed by atoms with Crippen LogP contribution in [0.15, 0.2) is 4.74 Å². The van der Waals surface area contributed by atoms with Crippen LogP contribution < -0.4 is 0 Å². The lowest BCUT2D eigenvalue weighted by Crippen LogP contribution is -2.38. The molecule has 5 heteroatoms. The first-order valence-corrected chi connectivity index (χ1v) is 10.2. The van der Waals surface area contributed by atoms with E-state index in [0.29, 0.717) is 6.04 Å². The SMILES string of the molecule is CC(C)N=P(N1CCCC1)(N1CCCC1)N1CCCC1. The third-order valence-corrected chi connectivity index (χ3v) is 9.02. The van der Waals surface area contributed by atoms with Gasteiger partial charge in [-0.25, -0.2) is 14.0 Å². The number of rotatable bonds is 4. The van der Waals surface area contributed by atoms with Crippen LogP contribution in [0.1, 0.15) is 52.4 Å². The zero-order chi connectivity index (χ0) is 14.0. The minimum Gasteiger partial charge on any atom is -0.258 e. The van der Waals surface area contributed by atoms with Gasteiger partial charge in [0.1, 0.15) is 0 Å². The summed E-state index contributed by atoms with van der Waals surface area (Å²) in [4.78, 5) is 0. The minimum atomic E-state index is -1.57. The van der Waals surface area contributed by atoms with E-state index in [9.17, 15) is 0 Å². The molecule has 3 rings (SSSR count). The lowest BCUT2D eigenvalue weighted by atomic mass is 10.4. The molecule has 3 aliphatic rings. The van der Waals surface area contributed by atoms with E-state index >= 15 is 0 Å². The van der Waals surface area contributed by atoms with Gasteiger partial charge in [-0.1, -0.05) is 0 Å². The second-order valence-electron chi connectivity index (χ2n) is 6.73. The van der Waals surface area contributed by atoms with E-state index in [1.165, 1.54) is 77.8 Å². The minimum absolute atomic E-state index is 0.449. The van der Waals surface area contributed by atoms with Crippen molar-refractivity contribution in [1.29, 1.82) is 0 Å². The normalized spacial score (nSPS) is 26.9. The smallest absolute Gasteiger partial charge is 0.168 e. The molecule has 4 nitrogen and oxygen atoms in total. The fourth-order valence-electron chi connectivity index (χ4n) is 3.97. The van der Waals surface area contributed by atoms with Gasteiger partial charge in [-0.05, 0) is 52.4 Å².